The van der Waals surface area contributed by atoms with Crippen LogP contribution in [0.25, 0.3) is 0 Å². The lowest BCUT2D eigenvalue weighted by Crippen LogP contribution is -2.27. The highest BCUT2D eigenvalue weighted by Gasteiger charge is 2.16. The summed E-state index contributed by atoms with van der Waals surface area (Å²) in [5.41, 5.74) is 2.65. The molecule has 1 heterocycles. The molecule has 2 rings (SSSR count). The van der Waals surface area contributed by atoms with E-state index in [1.807, 2.05) is 19.1 Å². The van der Waals surface area contributed by atoms with E-state index in [4.69, 9.17) is 11.6 Å². The Kier molecular flexibility index (Phi) is 1.88. The molecule has 0 bridgehead atoms. The van der Waals surface area contributed by atoms with Crippen molar-refractivity contribution in [2.45, 2.75) is 6.92 Å². The lowest BCUT2D eigenvalue weighted by atomic mass is 10.1. The number of rotatable bonds is 0. The van der Waals surface area contributed by atoms with Crippen LogP contribution in [0.2, 0.25) is 5.02 Å². The molecule has 0 spiro atoms. The maximum atomic E-state index is 11.0. The van der Waals surface area contributed by atoms with Crippen LogP contribution in [0.5, 0.6) is 0 Å². The van der Waals surface area contributed by atoms with Crippen LogP contribution in [0.3, 0.4) is 0 Å². The van der Waals surface area contributed by atoms with E-state index in [1.165, 1.54) is 0 Å². The summed E-state index contributed by atoms with van der Waals surface area (Å²) in [6.45, 7) is 2.27. The maximum absolute atomic E-state index is 11.0. The molecule has 4 heteroatoms. The number of amides is 1. The minimum Gasteiger partial charge on any atom is -0.374 e. The molecule has 13 heavy (non-hydrogen) atoms. The number of hydrogen-bond acceptors (Lipinski definition) is 2. The number of benzene rings is 1. The van der Waals surface area contributed by atoms with Crippen LogP contribution in [0.4, 0.5) is 11.4 Å². The quantitative estimate of drug-likeness (QED) is 0.667. The second kappa shape index (κ2) is 2.92. The summed E-state index contributed by atoms with van der Waals surface area (Å²) in [6.07, 6.45) is 0. The van der Waals surface area contributed by atoms with E-state index in [-0.39, 0.29) is 5.91 Å². The molecule has 2 N–H and O–H groups in total. The Labute approximate surface area is 81.1 Å². The fourth-order valence-corrected chi connectivity index (χ4v) is 1.69. The third-order valence-corrected chi connectivity index (χ3v) is 2.24. The molecule has 0 aliphatic carbocycles. The van der Waals surface area contributed by atoms with Crippen molar-refractivity contribution < 1.29 is 4.79 Å². The van der Waals surface area contributed by atoms with E-state index < -0.39 is 0 Å². The molecule has 0 saturated heterocycles. The van der Waals surface area contributed by atoms with Gasteiger partial charge in [-0.3, -0.25) is 4.79 Å². The number of hydrogen-bond donors (Lipinski definition) is 2. The Hall–Kier alpha value is -1.22. The topological polar surface area (TPSA) is 41.1 Å². The fourth-order valence-electron chi connectivity index (χ4n) is 1.37. The first-order chi connectivity index (χ1) is 6.16. The number of anilines is 2. The number of halogens is 1. The van der Waals surface area contributed by atoms with E-state index in [1.54, 1.807) is 0 Å². The SMILES string of the molecule is Cc1cc(Cl)c2c(c1)NCC(=O)N2. The van der Waals surface area contributed by atoms with Crippen molar-refractivity contribution in [2.24, 2.45) is 0 Å². The average molecular weight is 197 g/mol. The van der Waals surface area contributed by atoms with Gasteiger partial charge in [-0.05, 0) is 24.6 Å². The largest absolute Gasteiger partial charge is 0.374 e. The van der Waals surface area contributed by atoms with E-state index in [2.05, 4.69) is 10.6 Å². The van der Waals surface area contributed by atoms with E-state index in [0.29, 0.717) is 17.3 Å². The summed E-state index contributed by atoms with van der Waals surface area (Å²) < 4.78 is 0. The molecule has 0 aromatic heterocycles. The zero-order valence-corrected chi connectivity index (χ0v) is 7.90. The number of nitrogens with one attached hydrogen (secondary N) is 2. The molecule has 1 aliphatic heterocycles. The highest BCUT2D eigenvalue weighted by Crippen LogP contribution is 2.33. The average Bonchev–Trinajstić information content (AvgIpc) is 2.06. The molecular weight excluding hydrogens is 188 g/mol. The van der Waals surface area contributed by atoms with Crippen LogP contribution in [0.1, 0.15) is 5.56 Å². The van der Waals surface area contributed by atoms with Crippen LogP contribution in [0.15, 0.2) is 12.1 Å². The van der Waals surface area contributed by atoms with Gasteiger partial charge in [-0.15, -0.1) is 0 Å². The molecule has 1 aromatic rings. The van der Waals surface area contributed by atoms with Crippen molar-refractivity contribution in [2.75, 3.05) is 17.2 Å². The molecule has 1 amide bonds. The van der Waals surface area contributed by atoms with Gasteiger partial charge < -0.3 is 10.6 Å². The van der Waals surface area contributed by atoms with Crippen LogP contribution >= 0.6 is 11.6 Å². The highest BCUT2D eigenvalue weighted by atomic mass is 35.5. The molecule has 1 aliphatic rings. The predicted molar refractivity (Wildman–Crippen MR) is 53.3 cm³/mol. The molecule has 0 unspecified atom stereocenters. The molecule has 1 aromatic carbocycles. The minimum atomic E-state index is -0.0572. The van der Waals surface area contributed by atoms with Gasteiger partial charge in [-0.2, -0.15) is 0 Å². The molecule has 0 radical (unpaired) electrons. The molecule has 0 fully saturated rings. The van der Waals surface area contributed by atoms with E-state index in [9.17, 15) is 4.79 Å². The maximum Gasteiger partial charge on any atom is 0.243 e. The van der Waals surface area contributed by atoms with Gasteiger partial charge >= 0.3 is 0 Å². The molecule has 0 atom stereocenters. The van der Waals surface area contributed by atoms with Crippen molar-refractivity contribution in [1.82, 2.24) is 0 Å². The van der Waals surface area contributed by atoms with Crippen molar-refractivity contribution in [3.63, 3.8) is 0 Å². The number of aryl methyl sites for hydroxylation is 1. The van der Waals surface area contributed by atoms with Crippen molar-refractivity contribution in [1.29, 1.82) is 0 Å². The van der Waals surface area contributed by atoms with Gasteiger partial charge in [0.2, 0.25) is 5.91 Å². The third-order valence-electron chi connectivity index (χ3n) is 1.94. The van der Waals surface area contributed by atoms with Crippen LogP contribution < -0.4 is 10.6 Å². The minimum absolute atomic E-state index is 0.0572. The first kappa shape index (κ1) is 8.38. The van der Waals surface area contributed by atoms with Gasteiger partial charge in [-0.1, -0.05) is 11.6 Å². The van der Waals surface area contributed by atoms with Crippen LogP contribution in [-0.4, -0.2) is 12.5 Å². The summed E-state index contributed by atoms with van der Waals surface area (Å²) in [5, 5.41) is 6.30. The molecular formula is C9H9ClN2O. The Bertz CT molecular complexity index is 376. The number of fused-ring (bicyclic) bond motifs is 1. The smallest absolute Gasteiger partial charge is 0.243 e. The second-order valence-electron chi connectivity index (χ2n) is 3.07. The summed E-state index contributed by atoms with van der Waals surface area (Å²) in [5.74, 6) is -0.0572. The molecule has 68 valence electrons. The van der Waals surface area contributed by atoms with Gasteiger partial charge in [-0.25, -0.2) is 0 Å². The second-order valence-corrected chi connectivity index (χ2v) is 3.48. The van der Waals surface area contributed by atoms with Crippen molar-refractivity contribution in [3.8, 4) is 0 Å². The third kappa shape index (κ3) is 1.47. The Morgan fingerprint density at radius 1 is 1.46 bits per heavy atom. The Morgan fingerprint density at radius 2 is 2.23 bits per heavy atom. The predicted octanol–water partition coefficient (Wildman–Crippen LogP) is 2.01. The van der Waals surface area contributed by atoms with E-state index in [0.717, 1.165) is 11.3 Å². The number of carbonyl (C=O) groups is 1. The van der Waals surface area contributed by atoms with Crippen LogP contribution in [0, 0.1) is 6.92 Å². The Balaban J connectivity index is 2.53. The first-order valence-electron chi connectivity index (χ1n) is 4.00. The van der Waals surface area contributed by atoms with E-state index >= 15 is 0 Å². The summed E-state index contributed by atoms with van der Waals surface area (Å²) in [4.78, 5) is 11.0. The van der Waals surface area contributed by atoms with Crippen molar-refractivity contribution in [3.05, 3.63) is 22.7 Å². The highest BCUT2D eigenvalue weighted by molar-refractivity contribution is 6.35. The standard InChI is InChI=1S/C9H9ClN2O/c1-5-2-6(10)9-7(3-5)11-4-8(13)12-9/h2-3,11H,4H2,1H3,(H,12,13). The Morgan fingerprint density at radius 3 is 3.00 bits per heavy atom. The summed E-state index contributed by atoms with van der Waals surface area (Å²) in [7, 11) is 0. The van der Waals surface area contributed by atoms with Gasteiger partial charge in [0.1, 0.15) is 0 Å². The molecule has 3 nitrogen and oxygen atoms in total. The molecule has 0 saturated carbocycles. The van der Waals surface area contributed by atoms with Crippen LogP contribution in [-0.2, 0) is 4.79 Å². The lowest BCUT2D eigenvalue weighted by molar-refractivity contribution is -0.114. The normalized spacial score (nSPS) is 14.5. The summed E-state index contributed by atoms with van der Waals surface area (Å²) >= 11 is 5.96. The van der Waals surface area contributed by atoms with Gasteiger partial charge in [0.05, 0.1) is 22.9 Å². The zero-order valence-electron chi connectivity index (χ0n) is 7.15. The number of carbonyl (C=O) groups excluding carboxylic acids is 1. The monoisotopic (exact) mass is 196 g/mol. The summed E-state index contributed by atoms with van der Waals surface area (Å²) in [6, 6.07) is 3.79. The van der Waals surface area contributed by atoms with Gasteiger partial charge in [0.25, 0.3) is 0 Å². The lowest BCUT2D eigenvalue weighted by Gasteiger charge is -2.20. The zero-order chi connectivity index (χ0) is 9.42. The van der Waals surface area contributed by atoms with Gasteiger partial charge in [0, 0.05) is 0 Å². The fraction of sp³-hybridized carbons (Fsp3) is 0.222. The van der Waals surface area contributed by atoms with Gasteiger partial charge in [0.15, 0.2) is 0 Å². The first-order valence-corrected chi connectivity index (χ1v) is 4.38. The van der Waals surface area contributed by atoms with Crippen molar-refractivity contribution >= 4 is 28.9 Å².